The van der Waals surface area contributed by atoms with Crippen LogP contribution in [0.15, 0.2) is 24.3 Å². The van der Waals surface area contributed by atoms with Crippen LogP contribution in [0.25, 0.3) is 0 Å². The molecule has 1 rings (SSSR count). The Hall–Kier alpha value is -1.36. The first kappa shape index (κ1) is 22.7. The first-order chi connectivity index (χ1) is 11.9. The summed E-state index contributed by atoms with van der Waals surface area (Å²) >= 11 is 2.16. The summed E-state index contributed by atoms with van der Waals surface area (Å²) in [6, 6.07) is 7.34. The van der Waals surface area contributed by atoms with E-state index in [1.165, 1.54) is 0 Å². The number of hydrogen-bond acceptors (Lipinski definition) is 4. The largest absolute Gasteiger partial charge is 0.361 e. The van der Waals surface area contributed by atoms with Crippen molar-refractivity contribution in [2.24, 2.45) is 5.73 Å². The van der Waals surface area contributed by atoms with Gasteiger partial charge in [0.05, 0.1) is 31.1 Å². The second-order valence-electron chi connectivity index (χ2n) is 7.20. The number of hydrogen-bond donors (Lipinski definition) is 5. The lowest BCUT2D eigenvalue weighted by molar-refractivity contribution is -0.450. The zero-order valence-corrected chi connectivity index (χ0v) is 18.0. The third-order valence-corrected chi connectivity index (χ3v) is 4.33. The maximum atomic E-state index is 12.3. The van der Waals surface area contributed by atoms with E-state index in [-0.39, 0.29) is 12.3 Å². The summed E-state index contributed by atoms with van der Waals surface area (Å²) in [5, 5.41) is 18.1. The Morgan fingerprint density at radius 1 is 1.35 bits per heavy atom. The predicted molar refractivity (Wildman–Crippen MR) is 111 cm³/mol. The minimum absolute atomic E-state index is 0.0814. The van der Waals surface area contributed by atoms with Crippen LogP contribution >= 0.6 is 22.6 Å². The van der Waals surface area contributed by atoms with Crippen LogP contribution in [0.2, 0.25) is 0 Å². The van der Waals surface area contributed by atoms with E-state index in [1.807, 2.05) is 45.0 Å². The summed E-state index contributed by atoms with van der Waals surface area (Å²) in [5.74, 6) is 0.850. The highest BCUT2D eigenvalue weighted by atomic mass is 127. The van der Waals surface area contributed by atoms with Crippen molar-refractivity contribution >= 4 is 40.2 Å². The van der Waals surface area contributed by atoms with Gasteiger partial charge in [0.1, 0.15) is 3.61 Å². The highest BCUT2D eigenvalue weighted by Crippen LogP contribution is 2.20. The minimum Gasteiger partial charge on any atom is -0.361 e. The highest BCUT2D eigenvalue weighted by Gasteiger charge is 2.26. The van der Waals surface area contributed by atoms with Crippen molar-refractivity contribution in [1.29, 1.82) is 5.41 Å². The van der Waals surface area contributed by atoms with Crippen LogP contribution in [0.5, 0.6) is 0 Å². The molecule has 8 heteroatoms. The molecule has 0 radical (unpaired) electrons. The standard InChI is InChI=1S/C18H28IN5O2/c1-12(21)23-16(22)14-7-5-13(6-8-14)9-15(25)24-17(2,3)11-26-18(4,19)10-20/h5-8H,9-11,20H2,1-4H3,(H,24,25)(H3,21,22,23)/p+2. The van der Waals surface area contributed by atoms with Gasteiger partial charge >= 0.3 is 5.84 Å². The number of carbonyl (C=O) groups excluding carboxylic acids is 1. The summed E-state index contributed by atoms with van der Waals surface area (Å²) in [5.41, 5.74) is 6.80. The van der Waals surface area contributed by atoms with E-state index < -0.39 is 9.15 Å². The quantitative estimate of drug-likeness (QED) is 0.148. The molecule has 26 heavy (non-hydrogen) atoms. The van der Waals surface area contributed by atoms with Gasteiger partial charge in [0.2, 0.25) is 11.7 Å². The third kappa shape index (κ3) is 8.35. The van der Waals surface area contributed by atoms with Gasteiger partial charge in [-0.1, -0.05) is 12.1 Å². The number of benzene rings is 1. The van der Waals surface area contributed by atoms with E-state index >= 15 is 0 Å². The SMILES string of the molecule is CC(=[NH2+])[NH2+]C(=N)c1ccc(CC(=O)NC(C)(C)COC(C)(I)CN)cc1. The van der Waals surface area contributed by atoms with Gasteiger partial charge in [0.25, 0.3) is 0 Å². The Labute approximate surface area is 168 Å². The first-order valence-electron chi connectivity index (χ1n) is 8.40. The number of amides is 1. The van der Waals surface area contributed by atoms with Gasteiger partial charge in [-0.05, 0) is 61.1 Å². The second-order valence-corrected chi connectivity index (χ2v) is 9.48. The maximum absolute atomic E-state index is 12.3. The number of rotatable bonds is 8. The van der Waals surface area contributed by atoms with Crippen molar-refractivity contribution in [3.05, 3.63) is 35.4 Å². The van der Waals surface area contributed by atoms with Crippen LogP contribution < -0.4 is 21.8 Å². The van der Waals surface area contributed by atoms with Crippen LogP contribution in [0.3, 0.4) is 0 Å². The first-order valence-corrected chi connectivity index (χ1v) is 9.47. The number of nitrogens with one attached hydrogen (secondary N) is 2. The smallest absolute Gasteiger partial charge is 0.334 e. The van der Waals surface area contributed by atoms with E-state index in [0.717, 1.165) is 11.1 Å². The fourth-order valence-electron chi connectivity index (χ4n) is 2.15. The Balaban J connectivity index is 2.59. The second kappa shape index (κ2) is 9.54. The van der Waals surface area contributed by atoms with Crippen LogP contribution in [-0.4, -0.2) is 39.9 Å². The molecule has 144 valence electrons. The topological polar surface area (TPSA) is 130 Å². The van der Waals surface area contributed by atoms with Gasteiger partial charge in [0.15, 0.2) is 0 Å². The number of nitrogen functional groups attached to an aromatic ring is 1. The highest BCUT2D eigenvalue weighted by molar-refractivity contribution is 14.1. The number of ether oxygens (including phenoxy) is 1. The molecule has 0 aliphatic heterocycles. The fourth-order valence-corrected chi connectivity index (χ4v) is 2.30. The molecule has 0 aliphatic rings. The van der Waals surface area contributed by atoms with Gasteiger partial charge in [-0.25, -0.2) is 16.1 Å². The number of alkyl halides is 1. The van der Waals surface area contributed by atoms with E-state index in [9.17, 15) is 4.79 Å². The molecule has 1 aromatic carbocycles. The van der Waals surface area contributed by atoms with Crippen LogP contribution in [0.1, 0.15) is 38.8 Å². The normalized spacial score (nSPS) is 13.8. The third-order valence-electron chi connectivity index (χ3n) is 3.58. The maximum Gasteiger partial charge on any atom is 0.334 e. The average Bonchev–Trinajstić information content (AvgIpc) is 2.52. The Morgan fingerprint density at radius 3 is 2.42 bits per heavy atom. The van der Waals surface area contributed by atoms with Crippen LogP contribution in [0, 0.1) is 5.41 Å². The lowest BCUT2D eigenvalue weighted by Crippen LogP contribution is -2.96. The number of nitrogens with two attached hydrogens (primary N) is 3. The summed E-state index contributed by atoms with van der Waals surface area (Å²) in [6.45, 7) is 8.26. The molecule has 0 saturated heterocycles. The van der Waals surface area contributed by atoms with Crippen molar-refractivity contribution in [2.45, 2.75) is 43.3 Å². The molecule has 0 saturated carbocycles. The van der Waals surface area contributed by atoms with E-state index in [2.05, 4.69) is 27.9 Å². The molecule has 0 fully saturated rings. The summed E-state index contributed by atoms with van der Waals surface area (Å²) in [4.78, 5) is 12.3. The molecule has 0 bridgehead atoms. The summed E-state index contributed by atoms with van der Waals surface area (Å²) < 4.78 is 5.33. The number of amidine groups is 2. The minimum atomic E-state index is -0.496. The van der Waals surface area contributed by atoms with E-state index in [4.69, 9.17) is 21.3 Å². The molecule has 1 amide bonds. The summed E-state index contributed by atoms with van der Waals surface area (Å²) in [7, 11) is 0. The predicted octanol–water partition coefficient (Wildman–Crippen LogP) is -0.683. The Kier molecular flexibility index (Phi) is 8.32. The molecule has 0 heterocycles. The molecule has 1 atom stereocenters. The lowest BCUT2D eigenvalue weighted by Gasteiger charge is -2.31. The van der Waals surface area contributed by atoms with Gasteiger partial charge in [-0.15, -0.1) is 0 Å². The van der Waals surface area contributed by atoms with Gasteiger partial charge in [-0.3, -0.25) is 4.79 Å². The Bertz CT molecular complexity index is 656. The molecule has 7 nitrogen and oxygen atoms in total. The number of halogens is 1. The molecule has 1 aromatic rings. The zero-order valence-electron chi connectivity index (χ0n) is 15.9. The monoisotopic (exact) mass is 475 g/mol. The lowest BCUT2D eigenvalue weighted by atomic mass is 10.0. The van der Waals surface area contributed by atoms with Gasteiger partial charge in [-0.2, -0.15) is 0 Å². The van der Waals surface area contributed by atoms with Crippen LogP contribution in [0.4, 0.5) is 0 Å². The van der Waals surface area contributed by atoms with Crippen molar-refractivity contribution in [3.8, 4) is 0 Å². The van der Waals surface area contributed by atoms with Gasteiger partial charge < -0.3 is 15.8 Å². The molecule has 0 aliphatic carbocycles. The molecule has 0 spiro atoms. The Morgan fingerprint density at radius 2 is 1.92 bits per heavy atom. The molecular weight excluding hydrogens is 445 g/mol. The van der Waals surface area contributed by atoms with Gasteiger partial charge in [0, 0.05) is 6.54 Å². The molecule has 8 N–H and O–H groups in total. The average molecular weight is 475 g/mol. The zero-order chi connectivity index (χ0) is 20.0. The van der Waals surface area contributed by atoms with Crippen molar-refractivity contribution in [1.82, 2.24) is 5.32 Å². The number of carbonyl (C=O) groups is 1. The van der Waals surface area contributed by atoms with Crippen LogP contribution in [-0.2, 0) is 16.0 Å². The van der Waals surface area contributed by atoms with Crippen molar-refractivity contribution in [3.63, 3.8) is 0 Å². The number of quaternary nitrogens is 1. The molecule has 0 aromatic heterocycles. The summed E-state index contributed by atoms with van der Waals surface area (Å²) in [6.07, 6.45) is 0.265. The van der Waals surface area contributed by atoms with E-state index in [1.54, 1.807) is 12.2 Å². The molecular formula is C18H30IN5O2+2. The van der Waals surface area contributed by atoms with E-state index in [0.29, 0.717) is 24.8 Å². The fraction of sp³-hybridized carbons (Fsp3) is 0.500. The van der Waals surface area contributed by atoms with Crippen molar-refractivity contribution < 1.29 is 20.3 Å². The van der Waals surface area contributed by atoms with Crippen molar-refractivity contribution in [2.75, 3.05) is 13.2 Å². The molecule has 1 unspecified atom stereocenters.